The van der Waals surface area contributed by atoms with Crippen LogP contribution in [-0.4, -0.2) is 29.1 Å². The molecule has 0 unspecified atom stereocenters. The van der Waals surface area contributed by atoms with Gasteiger partial charge >= 0.3 is 8.80 Å². The van der Waals surface area contributed by atoms with Crippen LogP contribution in [0.1, 0.15) is 72.1 Å². The molecule has 0 amide bonds. The molecular weight excluding hydrogens is 256 g/mol. The van der Waals surface area contributed by atoms with Gasteiger partial charge in [-0.1, -0.05) is 52.9 Å². The molecule has 0 aliphatic carbocycles. The van der Waals surface area contributed by atoms with Crippen LogP contribution >= 0.6 is 0 Å². The molecule has 0 bridgehead atoms. The first-order valence-electron chi connectivity index (χ1n) is 7.96. The first-order valence-corrected chi connectivity index (χ1v) is 9.89. The summed E-state index contributed by atoms with van der Waals surface area (Å²) in [6.45, 7) is 6.65. The molecule has 19 heavy (non-hydrogen) atoms. The van der Waals surface area contributed by atoms with Gasteiger partial charge in [-0.15, -0.1) is 0 Å². The Kier molecular flexibility index (Phi) is 11.9. The van der Waals surface area contributed by atoms with Crippen molar-refractivity contribution in [1.82, 2.24) is 0 Å². The number of hydrogen-bond acceptors (Lipinski definition) is 3. The van der Waals surface area contributed by atoms with Crippen molar-refractivity contribution in [3.8, 4) is 0 Å². The van der Waals surface area contributed by atoms with Crippen molar-refractivity contribution in [3.63, 3.8) is 0 Å². The topological polar surface area (TPSA) is 27.7 Å². The lowest BCUT2D eigenvalue weighted by Gasteiger charge is -2.31. The van der Waals surface area contributed by atoms with Crippen molar-refractivity contribution < 1.29 is 13.3 Å². The molecule has 0 aromatic heterocycles. The summed E-state index contributed by atoms with van der Waals surface area (Å²) in [6.07, 6.45) is 9.71. The van der Waals surface area contributed by atoms with Crippen molar-refractivity contribution in [2.24, 2.45) is 0 Å². The third-order valence-electron chi connectivity index (χ3n) is 3.56. The maximum absolute atomic E-state index is 6.34. The maximum atomic E-state index is 6.34. The van der Waals surface area contributed by atoms with Crippen LogP contribution in [0.25, 0.3) is 0 Å². The smallest absolute Gasteiger partial charge is 0.377 e. The van der Waals surface area contributed by atoms with Crippen LogP contribution in [0.3, 0.4) is 0 Å². The molecule has 0 aliphatic heterocycles. The number of rotatable bonds is 13. The summed E-state index contributed by atoms with van der Waals surface area (Å²) in [7, 11) is 1.05. The molecule has 0 aliphatic rings. The maximum Gasteiger partial charge on any atom is 0.500 e. The van der Waals surface area contributed by atoms with Crippen LogP contribution in [0, 0.1) is 0 Å². The van der Waals surface area contributed by atoms with Gasteiger partial charge in [0.1, 0.15) is 0 Å². The molecule has 0 fully saturated rings. The molecule has 0 saturated heterocycles. The fourth-order valence-electron chi connectivity index (χ4n) is 2.22. The molecule has 0 heterocycles. The largest absolute Gasteiger partial charge is 0.500 e. The summed E-state index contributed by atoms with van der Waals surface area (Å²) in [6, 6.07) is 0.936. The average molecular weight is 291 g/mol. The van der Waals surface area contributed by atoms with E-state index in [0.717, 1.165) is 31.7 Å². The molecule has 0 aromatic carbocycles. The van der Waals surface area contributed by atoms with E-state index < -0.39 is 8.80 Å². The minimum Gasteiger partial charge on any atom is -0.377 e. The van der Waals surface area contributed by atoms with Crippen molar-refractivity contribution in [3.05, 3.63) is 0 Å². The minimum absolute atomic E-state index is 0.309. The molecule has 0 saturated carbocycles. The zero-order valence-electron chi connectivity index (χ0n) is 13.7. The SMILES string of the molecule is CCCCC(CCCC)O[Si](CCCC)(OC)OC. The Labute approximate surface area is 121 Å². The third-order valence-corrected chi connectivity index (χ3v) is 6.47. The van der Waals surface area contributed by atoms with E-state index in [0.29, 0.717) is 6.10 Å². The van der Waals surface area contributed by atoms with E-state index in [4.69, 9.17) is 13.3 Å². The molecule has 116 valence electrons. The van der Waals surface area contributed by atoms with Crippen molar-refractivity contribution in [2.45, 2.75) is 84.3 Å². The Morgan fingerprint density at radius 1 is 0.789 bits per heavy atom. The van der Waals surface area contributed by atoms with Crippen LogP contribution in [-0.2, 0) is 13.3 Å². The molecule has 0 rings (SSSR count). The van der Waals surface area contributed by atoms with Crippen molar-refractivity contribution >= 4 is 8.80 Å². The normalized spacial score (nSPS) is 12.3. The van der Waals surface area contributed by atoms with Crippen molar-refractivity contribution in [2.75, 3.05) is 14.2 Å². The summed E-state index contributed by atoms with van der Waals surface area (Å²) in [4.78, 5) is 0. The van der Waals surface area contributed by atoms with Gasteiger partial charge in [0, 0.05) is 26.4 Å². The van der Waals surface area contributed by atoms with Gasteiger partial charge in [0.05, 0.1) is 0 Å². The summed E-state index contributed by atoms with van der Waals surface area (Å²) in [5, 5.41) is 0. The Balaban J connectivity index is 4.50. The molecular formula is C15H34O3Si. The van der Waals surface area contributed by atoms with E-state index in [1.807, 2.05) is 0 Å². The van der Waals surface area contributed by atoms with Crippen molar-refractivity contribution in [1.29, 1.82) is 0 Å². The fourth-order valence-corrected chi connectivity index (χ4v) is 4.63. The summed E-state index contributed by atoms with van der Waals surface area (Å²) in [5.74, 6) is 0. The van der Waals surface area contributed by atoms with E-state index in [1.165, 1.54) is 25.7 Å². The molecule has 0 N–H and O–H groups in total. The molecule has 0 radical (unpaired) electrons. The van der Waals surface area contributed by atoms with Gasteiger partial charge in [-0.3, -0.25) is 0 Å². The minimum atomic E-state index is -2.43. The van der Waals surface area contributed by atoms with Crippen LogP contribution in [0.4, 0.5) is 0 Å². The van der Waals surface area contributed by atoms with Gasteiger partial charge < -0.3 is 13.3 Å². The van der Waals surface area contributed by atoms with Crippen LogP contribution in [0.5, 0.6) is 0 Å². The van der Waals surface area contributed by atoms with Gasteiger partial charge in [-0.2, -0.15) is 0 Å². The van der Waals surface area contributed by atoms with Gasteiger partial charge in [-0.25, -0.2) is 0 Å². The van der Waals surface area contributed by atoms with Crippen LogP contribution in [0.2, 0.25) is 6.04 Å². The van der Waals surface area contributed by atoms with Gasteiger partial charge in [0.2, 0.25) is 0 Å². The Morgan fingerprint density at radius 2 is 1.26 bits per heavy atom. The first kappa shape index (κ1) is 19.1. The highest BCUT2D eigenvalue weighted by atomic mass is 28.4. The second-order valence-corrected chi connectivity index (χ2v) is 8.14. The second-order valence-electron chi connectivity index (χ2n) is 5.22. The second kappa shape index (κ2) is 11.9. The zero-order chi connectivity index (χ0) is 14.6. The highest BCUT2D eigenvalue weighted by Gasteiger charge is 2.40. The van der Waals surface area contributed by atoms with Gasteiger partial charge in [0.25, 0.3) is 0 Å². The standard InChI is InChI=1S/C15H34O3Si/c1-6-9-12-15(13-10-7-2)18-19(16-4,17-5)14-11-8-3/h15H,6-14H2,1-5H3. The Morgan fingerprint density at radius 3 is 1.63 bits per heavy atom. The van der Waals surface area contributed by atoms with E-state index in [1.54, 1.807) is 14.2 Å². The summed E-state index contributed by atoms with van der Waals surface area (Å²) in [5.41, 5.74) is 0. The lowest BCUT2D eigenvalue weighted by Crippen LogP contribution is -2.46. The summed E-state index contributed by atoms with van der Waals surface area (Å²) >= 11 is 0. The molecule has 0 atom stereocenters. The monoisotopic (exact) mass is 290 g/mol. The fraction of sp³-hybridized carbons (Fsp3) is 1.00. The first-order chi connectivity index (χ1) is 9.17. The number of hydrogen-bond donors (Lipinski definition) is 0. The third kappa shape index (κ3) is 8.08. The predicted molar refractivity (Wildman–Crippen MR) is 83.4 cm³/mol. The van der Waals surface area contributed by atoms with E-state index >= 15 is 0 Å². The Bertz CT molecular complexity index is 188. The Hall–Kier alpha value is 0.0969. The van der Waals surface area contributed by atoms with Gasteiger partial charge in [0.15, 0.2) is 0 Å². The highest BCUT2D eigenvalue weighted by molar-refractivity contribution is 6.60. The molecule has 0 aromatic rings. The molecule has 0 spiro atoms. The van der Waals surface area contributed by atoms with Crippen LogP contribution < -0.4 is 0 Å². The lowest BCUT2D eigenvalue weighted by molar-refractivity contribution is 0.0448. The zero-order valence-corrected chi connectivity index (χ0v) is 14.7. The van der Waals surface area contributed by atoms with E-state index in [2.05, 4.69) is 20.8 Å². The van der Waals surface area contributed by atoms with E-state index in [-0.39, 0.29) is 0 Å². The highest BCUT2D eigenvalue weighted by Crippen LogP contribution is 2.23. The molecule has 3 nitrogen and oxygen atoms in total. The predicted octanol–water partition coefficient (Wildman–Crippen LogP) is 4.78. The molecule has 4 heteroatoms. The quantitative estimate of drug-likeness (QED) is 0.457. The summed E-state index contributed by atoms with van der Waals surface area (Å²) < 4.78 is 17.7. The van der Waals surface area contributed by atoms with Crippen LogP contribution in [0.15, 0.2) is 0 Å². The van der Waals surface area contributed by atoms with E-state index in [9.17, 15) is 0 Å². The number of unbranched alkanes of at least 4 members (excludes halogenated alkanes) is 3. The van der Waals surface area contributed by atoms with Gasteiger partial charge in [-0.05, 0) is 19.3 Å². The average Bonchev–Trinajstić information content (AvgIpc) is 2.46. The lowest BCUT2D eigenvalue weighted by atomic mass is 10.1.